The number of thioether (sulfide) groups is 1. The molecule has 0 radical (unpaired) electrons. The largest absolute Gasteiger partial charge is 0.393 e. The normalized spacial score (nSPS) is 24.6. The summed E-state index contributed by atoms with van der Waals surface area (Å²) >= 11 is 7.48. The smallest absolute Gasteiger partial charge is 0.166 e. The van der Waals surface area contributed by atoms with Gasteiger partial charge in [0.25, 0.3) is 0 Å². The maximum Gasteiger partial charge on any atom is 0.166 e. The van der Waals surface area contributed by atoms with E-state index in [9.17, 15) is 0 Å². The van der Waals surface area contributed by atoms with Gasteiger partial charge >= 0.3 is 0 Å². The van der Waals surface area contributed by atoms with E-state index in [2.05, 4.69) is 15.0 Å². The molecule has 1 fully saturated rings. The molecule has 0 bridgehead atoms. The lowest BCUT2D eigenvalue weighted by Gasteiger charge is -2.12. The monoisotopic (exact) mass is 272 g/mol. The minimum Gasteiger partial charge on any atom is -0.393 e. The molecular weight excluding hydrogens is 264 g/mol. The number of rotatable bonds is 2. The standard InChI is InChI=1S/C9H9ClN4O2S/c10-8-7-9(12-3-11-8)14(4-13-7)5-2-17-6(1-15)16-5/h3-6,15H,1-2H2/t5-,6+/m1/s1. The Kier molecular flexibility index (Phi) is 2.91. The molecule has 2 aromatic rings. The van der Waals surface area contributed by atoms with Gasteiger partial charge in [-0.2, -0.15) is 0 Å². The van der Waals surface area contributed by atoms with Crippen LogP contribution in [0.25, 0.3) is 11.2 Å². The zero-order chi connectivity index (χ0) is 11.8. The first-order valence-electron chi connectivity index (χ1n) is 5.00. The molecule has 2 aromatic heterocycles. The molecule has 1 aliphatic heterocycles. The van der Waals surface area contributed by atoms with E-state index in [-0.39, 0.29) is 18.3 Å². The van der Waals surface area contributed by atoms with Gasteiger partial charge < -0.3 is 9.84 Å². The summed E-state index contributed by atoms with van der Waals surface area (Å²) in [6.07, 6.45) is 2.86. The van der Waals surface area contributed by atoms with E-state index in [1.54, 1.807) is 18.1 Å². The predicted molar refractivity (Wildman–Crippen MR) is 63.8 cm³/mol. The Balaban J connectivity index is 1.99. The van der Waals surface area contributed by atoms with Crippen LogP contribution in [0.15, 0.2) is 12.7 Å². The van der Waals surface area contributed by atoms with Gasteiger partial charge in [0.1, 0.15) is 23.5 Å². The number of aliphatic hydroxyl groups is 1. The molecule has 6 nitrogen and oxygen atoms in total. The fraction of sp³-hybridized carbons (Fsp3) is 0.444. The van der Waals surface area contributed by atoms with Gasteiger partial charge in [-0.3, -0.25) is 4.57 Å². The van der Waals surface area contributed by atoms with Gasteiger partial charge in [-0.05, 0) is 0 Å². The van der Waals surface area contributed by atoms with Crippen molar-refractivity contribution in [2.75, 3.05) is 12.4 Å². The zero-order valence-corrected chi connectivity index (χ0v) is 10.2. The van der Waals surface area contributed by atoms with Crippen molar-refractivity contribution < 1.29 is 9.84 Å². The Labute approximate surface area is 106 Å². The number of imidazole rings is 1. The first-order chi connectivity index (χ1) is 8.29. The van der Waals surface area contributed by atoms with E-state index < -0.39 is 0 Å². The first kappa shape index (κ1) is 11.2. The molecule has 17 heavy (non-hydrogen) atoms. The maximum absolute atomic E-state index is 9.02. The number of aliphatic hydroxyl groups excluding tert-OH is 1. The van der Waals surface area contributed by atoms with Crippen molar-refractivity contribution in [3.05, 3.63) is 17.8 Å². The summed E-state index contributed by atoms with van der Waals surface area (Å²) in [6.45, 7) is 0.00351. The highest BCUT2D eigenvalue weighted by Gasteiger charge is 2.28. The number of halogens is 1. The second-order valence-electron chi connectivity index (χ2n) is 3.52. The van der Waals surface area contributed by atoms with Crippen LogP contribution in [-0.4, -0.2) is 42.4 Å². The first-order valence-corrected chi connectivity index (χ1v) is 6.43. The lowest BCUT2D eigenvalue weighted by Crippen LogP contribution is -2.14. The Morgan fingerprint density at radius 3 is 3.18 bits per heavy atom. The predicted octanol–water partition coefficient (Wildman–Crippen LogP) is 1.06. The zero-order valence-electron chi connectivity index (χ0n) is 8.65. The number of aromatic nitrogens is 4. The molecule has 0 aromatic carbocycles. The summed E-state index contributed by atoms with van der Waals surface area (Å²) in [5, 5.41) is 9.35. The van der Waals surface area contributed by atoms with Crippen molar-refractivity contribution in [3.8, 4) is 0 Å². The van der Waals surface area contributed by atoms with Crippen LogP contribution in [0.4, 0.5) is 0 Å². The molecule has 2 atom stereocenters. The molecule has 1 aliphatic rings. The number of hydrogen-bond donors (Lipinski definition) is 1. The minimum atomic E-state index is -0.185. The van der Waals surface area contributed by atoms with Gasteiger partial charge in [-0.25, -0.2) is 15.0 Å². The summed E-state index contributed by atoms with van der Waals surface area (Å²) in [6, 6.07) is 0. The van der Waals surface area contributed by atoms with Crippen molar-refractivity contribution in [1.29, 1.82) is 0 Å². The Bertz CT molecular complexity index is 549. The lowest BCUT2D eigenvalue weighted by molar-refractivity contribution is -0.00191. The summed E-state index contributed by atoms with van der Waals surface area (Å²) in [5.74, 6) is 0.748. The second-order valence-corrected chi connectivity index (χ2v) is 5.08. The molecule has 0 amide bonds. The van der Waals surface area contributed by atoms with Crippen LogP contribution in [-0.2, 0) is 4.74 Å². The van der Waals surface area contributed by atoms with E-state index in [4.69, 9.17) is 21.4 Å². The summed E-state index contributed by atoms with van der Waals surface area (Å²) in [7, 11) is 0. The fourth-order valence-corrected chi connectivity index (χ4v) is 2.83. The van der Waals surface area contributed by atoms with Gasteiger partial charge in [0, 0.05) is 5.75 Å². The Morgan fingerprint density at radius 2 is 2.41 bits per heavy atom. The van der Waals surface area contributed by atoms with E-state index in [1.807, 2.05) is 4.57 Å². The lowest BCUT2D eigenvalue weighted by atomic mass is 10.5. The molecule has 0 saturated carbocycles. The fourth-order valence-electron chi connectivity index (χ4n) is 1.72. The molecular formula is C9H9ClN4O2S. The van der Waals surface area contributed by atoms with E-state index >= 15 is 0 Å². The third-order valence-electron chi connectivity index (χ3n) is 2.51. The summed E-state index contributed by atoms with van der Waals surface area (Å²) in [5.41, 5.74) is 1.03. The average Bonchev–Trinajstić information content (AvgIpc) is 2.94. The molecule has 0 aliphatic carbocycles. The molecule has 90 valence electrons. The highest BCUT2D eigenvalue weighted by atomic mass is 35.5. The third-order valence-corrected chi connectivity index (χ3v) is 3.89. The van der Waals surface area contributed by atoms with Crippen LogP contribution < -0.4 is 0 Å². The summed E-state index contributed by atoms with van der Waals surface area (Å²) in [4.78, 5) is 12.2. The number of nitrogens with zero attached hydrogens (tertiary/aromatic N) is 4. The van der Waals surface area contributed by atoms with Crippen molar-refractivity contribution in [2.45, 2.75) is 11.7 Å². The Hall–Kier alpha value is -0.890. The van der Waals surface area contributed by atoms with Gasteiger partial charge in [-0.1, -0.05) is 11.6 Å². The van der Waals surface area contributed by atoms with Crippen molar-refractivity contribution in [2.24, 2.45) is 0 Å². The highest BCUT2D eigenvalue weighted by Crippen LogP contribution is 2.33. The van der Waals surface area contributed by atoms with Crippen LogP contribution in [0.1, 0.15) is 6.23 Å². The van der Waals surface area contributed by atoms with Crippen LogP contribution in [0, 0.1) is 0 Å². The van der Waals surface area contributed by atoms with E-state index in [0.29, 0.717) is 16.3 Å². The second kappa shape index (κ2) is 4.41. The number of ether oxygens (including phenoxy) is 1. The molecule has 0 unspecified atom stereocenters. The van der Waals surface area contributed by atoms with Gasteiger partial charge in [0.15, 0.2) is 10.8 Å². The molecule has 1 saturated heterocycles. The van der Waals surface area contributed by atoms with E-state index in [1.165, 1.54) is 6.33 Å². The molecule has 0 spiro atoms. The average molecular weight is 273 g/mol. The minimum absolute atomic E-state index is 0.00351. The van der Waals surface area contributed by atoms with Gasteiger partial charge in [-0.15, -0.1) is 11.8 Å². The van der Waals surface area contributed by atoms with Crippen molar-refractivity contribution >= 4 is 34.5 Å². The van der Waals surface area contributed by atoms with Crippen molar-refractivity contribution in [3.63, 3.8) is 0 Å². The quantitative estimate of drug-likeness (QED) is 0.824. The molecule has 8 heteroatoms. The van der Waals surface area contributed by atoms with Crippen LogP contribution in [0.5, 0.6) is 0 Å². The van der Waals surface area contributed by atoms with Crippen LogP contribution in [0.2, 0.25) is 5.15 Å². The van der Waals surface area contributed by atoms with Gasteiger partial charge in [0.2, 0.25) is 0 Å². The molecule has 1 N–H and O–H groups in total. The van der Waals surface area contributed by atoms with E-state index in [0.717, 1.165) is 5.75 Å². The maximum atomic E-state index is 9.02. The third kappa shape index (κ3) is 1.89. The highest BCUT2D eigenvalue weighted by molar-refractivity contribution is 8.00. The molecule has 3 heterocycles. The molecule has 3 rings (SSSR count). The number of fused-ring (bicyclic) bond motifs is 1. The summed E-state index contributed by atoms with van der Waals surface area (Å²) < 4.78 is 7.45. The SMILES string of the molecule is OC[C@H]1O[C@@H](n2cnc3c(Cl)ncnc32)CS1. The van der Waals surface area contributed by atoms with Crippen LogP contribution in [0.3, 0.4) is 0 Å². The van der Waals surface area contributed by atoms with Gasteiger partial charge in [0.05, 0.1) is 12.9 Å². The van der Waals surface area contributed by atoms with Crippen molar-refractivity contribution in [1.82, 2.24) is 19.5 Å². The Morgan fingerprint density at radius 1 is 1.53 bits per heavy atom. The topological polar surface area (TPSA) is 73.1 Å². The van der Waals surface area contributed by atoms with Crippen LogP contribution >= 0.6 is 23.4 Å². The number of hydrogen-bond acceptors (Lipinski definition) is 6.